The number of rotatable bonds is 4. The first-order chi connectivity index (χ1) is 7.46. The molecule has 0 bridgehead atoms. The van der Waals surface area contributed by atoms with Crippen LogP contribution in [0.15, 0.2) is 0 Å². The van der Waals surface area contributed by atoms with Crippen molar-refractivity contribution in [1.29, 1.82) is 10.8 Å². The minimum Gasteiger partial charge on any atom is -0.394 e. The monoisotopic (exact) mass is 236 g/mol. The van der Waals surface area contributed by atoms with Crippen LogP contribution in [0.4, 0.5) is 0 Å². The lowest BCUT2D eigenvalue weighted by Crippen LogP contribution is -2.40. The molecule has 6 N–H and O–H groups in total. The Hall–Kier alpha value is -1.73. The van der Waals surface area contributed by atoms with E-state index in [1.807, 2.05) is 0 Å². The molecule has 0 aliphatic heterocycles. The Bertz CT molecular complexity index is 221. The molecule has 92 valence electrons. The maximum atomic E-state index is 9.76. The Morgan fingerprint density at radius 3 is 1.62 bits per heavy atom. The molecule has 0 aromatic carbocycles. The Kier molecular flexibility index (Phi) is 19.4. The van der Waals surface area contributed by atoms with Crippen LogP contribution in [0.3, 0.4) is 0 Å². The number of nitrogens with one attached hydrogen (secondary N) is 2. The molecule has 0 unspecified atom stereocenters. The number of carbonyl (C=O) groups is 1. The summed E-state index contributed by atoms with van der Waals surface area (Å²) in [7, 11) is 0. The summed E-state index contributed by atoms with van der Waals surface area (Å²) in [6.07, 6.45) is -3.13. The Balaban J connectivity index is -0.000000235. The molecule has 0 spiro atoms. The van der Waals surface area contributed by atoms with Crippen LogP contribution in [0.1, 0.15) is 0 Å². The number of hydrogen-bond donors (Lipinski definition) is 6. The van der Waals surface area contributed by atoms with Gasteiger partial charge in [-0.25, -0.2) is 20.4 Å². The summed E-state index contributed by atoms with van der Waals surface area (Å²) < 4.78 is 0. The second-order valence-electron chi connectivity index (χ2n) is 2.07. The molecule has 0 fully saturated rings. The van der Waals surface area contributed by atoms with Crippen molar-refractivity contribution in [3.63, 3.8) is 0 Å². The van der Waals surface area contributed by atoms with Gasteiger partial charge >= 0.3 is 0 Å². The van der Waals surface area contributed by atoms with Crippen LogP contribution >= 0.6 is 0 Å². The highest BCUT2D eigenvalue weighted by molar-refractivity contribution is 5.56. The molecule has 0 aliphatic rings. The van der Waals surface area contributed by atoms with Crippen molar-refractivity contribution in [2.24, 2.45) is 0 Å². The third-order valence-electron chi connectivity index (χ3n) is 1.07. The molecule has 0 heterocycles. The molecular formula is C7H12N2O7. The number of aldehydes is 1. The van der Waals surface area contributed by atoms with Crippen LogP contribution in [0.5, 0.6) is 0 Å². The van der Waals surface area contributed by atoms with Crippen LogP contribution in [-0.2, 0) is 14.4 Å². The fourth-order valence-corrected chi connectivity index (χ4v) is 0.416. The SMILES string of the molecule is N=C=O.N=C=O.O=C[C@H](O)[C@@H](O)[C@H](O)CO. The third-order valence-corrected chi connectivity index (χ3v) is 1.07. The van der Waals surface area contributed by atoms with E-state index in [0.29, 0.717) is 0 Å². The minimum atomic E-state index is -1.64. The van der Waals surface area contributed by atoms with E-state index < -0.39 is 24.9 Å². The fraction of sp³-hybridized carbons (Fsp3) is 0.571. The van der Waals surface area contributed by atoms with Crippen molar-refractivity contribution in [2.45, 2.75) is 18.3 Å². The Morgan fingerprint density at radius 2 is 1.44 bits per heavy atom. The van der Waals surface area contributed by atoms with E-state index in [0.717, 1.165) is 12.2 Å². The molecule has 9 nitrogen and oxygen atoms in total. The predicted molar refractivity (Wildman–Crippen MR) is 48.0 cm³/mol. The van der Waals surface area contributed by atoms with Gasteiger partial charge in [0.15, 0.2) is 6.29 Å². The number of hydrogen-bond acceptors (Lipinski definition) is 9. The van der Waals surface area contributed by atoms with Crippen LogP contribution < -0.4 is 0 Å². The van der Waals surface area contributed by atoms with Crippen molar-refractivity contribution in [3.05, 3.63) is 0 Å². The average Bonchev–Trinajstić information content (AvgIpc) is 2.28. The Labute approximate surface area is 90.0 Å². The quantitative estimate of drug-likeness (QED) is 0.171. The van der Waals surface area contributed by atoms with Crippen LogP contribution in [0.25, 0.3) is 0 Å². The van der Waals surface area contributed by atoms with E-state index in [2.05, 4.69) is 0 Å². The van der Waals surface area contributed by atoms with Gasteiger partial charge in [0.2, 0.25) is 12.2 Å². The first-order valence-corrected chi connectivity index (χ1v) is 3.64. The van der Waals surface area contributed by atoms with Gasteiger partial charge in [0, 0.05) is 0 Å². The van der Waals surface area contributed by atoms with Crippen molar-refractivity contribution in [3.8, 4) is 0 Å². The molecule has 0 rings (SSSR count). The number of isocyanates is 2. The summed E-state index contributed by atoms with van der Waals surface area (Å²) in [5.41, 5.74) is 0. The van der Waals surface area contributed by atoms with Gasteiger partial charge in [0.1, 0.15) is 18.3 Å². The van der Waals surface area contributed by atoms with Crippen LogP contribution in [0, 0.1) is 10.8 Å². The second kappa shape index (κ2) is 15.7. The second-order valence-corrected chi connectivity index (χ2v) is 2.07. The third kappa shape index (κ3) is 14.8. The lowest BCUT2D eigenvalue weighted by molar-refractivity contribution is -0.127. The zero-order valence-electron chi connectivity index (χ0n) is 8.03. The maximum absolute atomic E-state index is 9.76. The molecule has 3 atom stereocenters. The van der Waals surface area contributed by atoms with E-state index in [-0.39, 0.29) is 6.29 Å². The minimum absolute atomic E-state index is 0.0869. The average molecular weight is 236 g/mol. The van der Waals surface area contributed by atoms with Crippen molar-refractivity contribution < 1.29 is 34.8 Å². The molecule has 0 radical (unpaired) electrons. The number of aliphatic hydroxyl groups excluding tert-OH is 4. The maximum Gasteiger partial charge on any atom is 0.231 e. The van der Waals surface area contributed by atoms with Crippen molar-refractivity contribution >= 4 is 18.4 Å². The summed E-state index contributed by atoms with van der Waals surface area (Å²) in [6, 6.07) is 0. The molecule has 0 amide bonds. The molecular weight excluding hydrogens is 224 g/mol. The highest BCUT2D eigenvalue weighted by Gasteiger charge is 2.22. The van der Waals surface area contributed by atoms with Crippen molar-refractivity contribution in [2.75, 3.05) is 6.61 Å². The smallest absolute Gasteiger partial charge is 0.231 e. The standard InChI is InChI=1S/C5H10O5.2CHNO/c6-1-3(8)5(10)4(9)2-7;2*2-1-3/h1,3-5,7-10H,2H2;2*2H/t3-,4+,5+;;/m0../s1. The van der Waals surface area contributed by atoms with Gasteiger partial charge in [-0.3, -0.25) is 0 Å². The fourth-order valence-electron chi connectivity index (χ4n) is 0.416. The van der Waals surface area contributed by atoms with E-state index in [4.69, 9.17) is 40.8 Å². The molecule has 0 aromatic rings. The molecule has 0 saturated carbocycles. The number of aliphatic hydroxyl groups is 4. The highest BCUT2D eigenvalue weighted by atomic mass is 16.4. The van der Waals surface area contributed by atoms with E-state index >= 15 is 0 Å². The zero-order valence-corrected chi connectivity index (χ0v) is 8.03. The zero-order chi connectivity index (χ0) is 13.6. The van der Waals surface area contributed by atoms with Gasteiger partial charge in [-0.1, -0.05) is 0 Å². The summed E-state index contributed by atoms with van der Waals surface area (Å²) in [5, 5.41) is 44.9. The Morgan fingerprint density at radius 1 is 1.12 bits per heavy atom. The van der Waals surface area contributed by atoms with Crippen LogP contribution in [0.2, 0.25) is 0 Å². The highest BCUT2D eigenvalue weighted by Crippen LogP contribution is 1.96. The van der Waals surface area contributed by atoms with Gasteiger partial charge in [0.25, 0.3) is 0 Å². The first-order valence-electron chi connectivity index (χ1n) is 3.64. The molecule has 0 aliphatic carbocycles. The summed E-state index contributed by atoms with van der Waals surface area (Å²) in [4.78, 5) is 26.5. The van der Waals surface area contributed by atoms with Gasteiger partial charge in [-0.15, -0.1) is 0 Å². The topological polar surface area (TPSA) is 180 Å². The van der Waals surface area contributed by atoms with E-state index in [9.17, 15) is 4.79 Å². The van der Waals surface area contributed by atoms with Gasteiger partial charge < -0.3 is 25.2 Å². The van der Waals surface area contributed by atoms with Gasteiger partial charge in [0.05, 0.1) is 6.61 Å². The molecule has 0 aromatic heterocycles. The molecule has 9 heteroatoms. The van der Waals surface area contributed by atoms with E-state index in [1.165, 1.54) is 0 Å². The lowest BCUT2D eigenvalue weighted by Gasteiger charge is -2.16. The van der Waals surface area contributed by atoms with Crippen LogP contribution in [-0.4, -0.2) is 63.8 Å². The number of carbonyl (C=O) groups excluding carboxylic acids is 3. The van der Waals surface area contributed by atoms with E-state index in [1.54, 1.807) is 0 Å². The first kappa shape index (κ1) is 19.8. The summed E-state index contributed by atoms with van der Waals surface area (Å²) in [5.74, 6) is 0. The summed E-state index contributed by atoms with van der Waals surface area (Å²) in [6.45, 7) is -0.688. The van der Waals surface area contributed by atoms with Crippen molar-refractivity contribution in [1.82, 2.24) is 0 Å². The largest absolute Gasteiger partial charge is 0.394 e. The predicted octanol–water partition coefficient (Wildman–Crippen LogP) is -2.94. The molecule has 16 heavy (non-hydrogen) atoms. The van der Waals surface area contributed by atoms with Gasteiger partial charge in [-0.2, -0.15) is 0 Å². The lowest BCUT2D eigenvalue weighted by atomic mass is 10.1. The normalized spacial score (nSPS) is 13.2. The summed E-state index contributed by atoms with van der Waals surface area (Å²) >= 11 is 0. The van der Waals surface area contributed by atoms with Gasteiger partial charge in [-0.05, 0) is 0 Å². The molecule has 0 saturated heterocycles.